The molecule has 0 aromatic heterocycles. The molecule has 0 radical (unpaired) electrons. The number of hydrogen-bond donors (Lipinski definition) is 1. The van der Waals surface area contributed by atoms with Crippen molar-refractivity contribution in [1.29, 1.82) is 0 Å². The van der Waals surface area contributed by atoms with Crippen LogP contribution in [0.2, 0.25) is 0 Å². The molecule has 0 unspecified atom stereocenters. The first-order valence-electron chi connectivity index (χ1n) is 7.09. The lowest BCUT2D eigenvalue weighted by Crippen LogP contribution is -2.49. The van der Waals surface area contributed by atoms with Gasteiger partial charge in [-0.25, -0.2) is 0 Å². The highest BCUT2D eigenvalue weighted by Gasteiger charge is 2.39. The van der Waals surface area contributed by atoms with E-state index >= 15 is 0 Å². The molecule has 3 fully saturated rings. The fourth-order valence-electron chi connectivity index (χ4n) is 3.23. The van der Waals surface area contributed by atoms with Crippen molar-refractivity contribution < 1.29 is 14.3 Å². The van der Waals surface area contributed by atoms with Crippen LogP contribution in [-0.2, 0) is 14.3 Å². The minimum atomic E-state index is 0. The minimum absolute atomic E-state index is 0. The number of nitrogens with one attached hydrogen (secondary N) is 1. The molecule has 2 saturated heterocycles. The number of halogens is 1. The molecule has 0 aromatic rings. The Balaban J connectivity index is 0.00000133. The number of amides is 1. The van der Waals surface area contributed by atoms with Gasteiger partial charge in [-0.05, 0) is 25.7 Å². The third-order valence-electron chi connectivity index (χ3n) is 4.22. The number of hydrogen-bond acceptors (Lipinski definition) is 4. The van der Waals surface area contributed by atoms with Crippen molar-refractivity contribution in [3.63, 3.8) is 0 Å². The molecule has 0 spiro atoms. The first-order chi connectivity index (χ1) is 8.84. The number of fused-ring (bicyclic) bond motifs is 1. The third kappa shape index (κ3) is 3.40. The molecule has 2 aliphatic heterocycles. The van der Waals surface area contributed by atoms with Gasteiger partial charge in [0.05, 0.1) is 18.8 Å². The largest absolute Gasteiger partial charge is 0.373 e. The molecule has 0 bridgehead atoms. The van der Waals surface area contributed by atoms with Crippen LogP contribution >= 0.6 is 12.4 Å². The van der Waals surface area contributed by atoms with Crippen LogP contribution in [0.3, 0.4) is 0 Å². The Morgan fingerprint density at radius 3 is 2.89 bits per heavy atom. The highest BCUT2D eigenvalue weighted by atomic mass is 35.5. The van der Waals surface area contributed by atoms with Crippen LogP contribution in [0, 0.1) is 0 Å². The lowest BCUT2D eigenvalue weighted by Gasteiger charge is -2.30. The molecule has 3 rings (SSSR count). The summed E-state index contributed by atoms with van der Waals surface area (Å²) in [6, 6.07) is 0.422. The summed E-state index contributed by atoms with van der Waals surface area (Å²) in [7, 11) is 0. The molecule has 0 aromatic carbocycles. The monoisotopic (exact) mass is 290 g/mol. The lowest BCUT2D eigenvalue weighted by atomic mass is 10.2. The summed E-state index contributed by atoms with van der Waals surface area (Å²) >= 11 is 0. The van der Waals surface area contributed by atoms with Crippen LogP contribution in [0.25, 0.3) is 0 Å². The van der Waals surface area contributed by atoms with Crippen LogP contribution in [0.15, 0.2) is 0 Å². The molecular weight excluding hydrogens is 268 g/mol. The van der Waals surface area contributed by atoms with E-state index in [4.69, 9.17) is 9.47 Å². The summed E-state index contributed by atoms with van der Waals surface area (Å²) in [4.78, 5) is 13.8. The molecule has 110 valence electrons. The lowest BCUT2D eigenvalue weighted by molar-refractivity contribution is -0.141. The van der Waals surface area contributed by atoms with Crippen molar-refractivity contribution >= 4 is 18.3 Å². The zero-order chi connectivity index (χ0) is 12.4. The van der Waals surface area contributed by atoms with Crippen molar-refractivity contribution in [2.24, 2.45) is 0 Å². The normalized spacial score (nSPS) is 33.9. The fourth-order valence-corrected chi connectivity index (χ4v) is 3.23. The first kappa shape index (κ1) is 15.0. The summed E-state index contributed by atoms with van der Waals surface area (Å²) in [5.41, 5.74) is 0. The van der Waals surface area contributed by atoms with Gasteiger partial charge in [0.2, 0.25) is 5.91 Å². The summed E-state index contributed by atoms with van der Waals surface area (Å²) < 4.78 is 11.6. The second kappa shape index (κ2) is 6.88. The van der Waals surface area contributed by atoms with Gasteiger partial charge < -0.3 is 19.7 Å². The van der Waals surface area contributed by atoms with Gasteiger partial charge in [0.25, 0.3) is 0 Å². The van der Waals surface area contributed by atoms with Gasteiger partial charge in [0.15, 0.2) is 0 Å². The number of nitrogens with zero attached hydrogens (tertiary/aromatic N) is 1. The number of carbonyl (C=O) groups is 1. The van der Waals surface area contributed by atoms with Crippen LogP contribution in [0.1, 0.15) is 25.7 Å². The molecule has 19 heavy (non-hydrogen) atoms. The second-order valence-electron chi connectivity index (χ2n) is 5.41. The van der Waals surface area contributed by atoms with Crippen molar-refractivity contribution in [2.45, 2.75) is 43.9 Å². The van der Waals surface area contributed by atoms with Gasteiger partial charge in [-0.1, -0.05) is 0 Å². The topological polar surface area (TPSA) is 50.8 Å². The quantitative estimate of drug-likeness (QED) is 0.825. The molecule has 1 amide bonds. The van der Waals surface area contributed by atoms with Crippen molar-refractivity contribution in [3.8, 4) is 0 Å². The van der Waals surface area contributed by atoms with E-state index < -0.39 is 0 Å². The van der Waals surface area contributed by atoms with E-state index in [-0.39, 0.29) is 37.1 Å². The number of carbonyl (C=O) groups excluding carboxylic acids is 1. The summed E-state index contributed by atoms with van der Waals surface area (Å²) in [5, 5.41) is 3.45. The predicted octanol–water partition coefficient (Wildman–Crippen LogP) is 0.567. The maximum atomic E-state index is 11.9. The Hall–Kier alpha value is -0.360. The third-order valence-corrected chi connectivity index (χ3v) is 4.22. The smallest absolute Gasteiger partial charge is 0.248 e. The highest BCUT2D eigenvalue weighted by molar-refractivity contribution is 5.85. The molecule has 3 aliphatic rings. The second-order valence-corrected chi connectivity index (χ2v) is 5.41. The van der Waals surface area contributed by atoms with E-state index in [9.17, 15) is 4.79 Å². The Labute approximate surface area is 120 Å². The number of ether oxygens (including phenoxy) is 2. The number of likely N-dealkylation sites (tertiary alicyclic amines) is 1. The zero-order valence-electron chi connectivity index (χ0n) is 11.2. The number of morpholine rings is 1. The summed E-state index contributed by atoms with van der Waals surface area (Å²) in [6.07, 6.45) is 4.59. The van der Waals surface area contributed by atoms with E-state index in [1.54, 1.807) is 0 Å². The molecule has 5 nitrogen and oxygen atoms in total. The van der Waals surface area contributed by atoms with Crippen LogP contribution < -0.4 is 5.32 Å². The average Bonchev–Trinajstić information content (AvgIpc) is 3.06. The van der Waals surface area contributed by atoms with E-state index in [2.05, 4.69) is 5.32 Å². The van der Waals surface area contributed by atoms with Crippen LogP contribution in [0.4, 0.5) is 0 Å². The summed E-state index contributed by atoms with van der Waals surface area (Å²) in [5.74, 6) is 0.139. The molecule has 1 saturated carbocycles. The molecule has 2 heterocycles. The molecular formula is C13H23ClN2O3. The Bertz CT molecular complexity index is 310. The van der Waals surface area contributed by atoms with Crippen LogP contribution in [-0.4, -0.2) is 61.9 Å². The predicted molar refractivity (Wildman–Crippen MR) is 73.6 cm³/mol. The standard InChI is InChI=1S/C13H22N2O3.ClH/c16-12(15-6-1-2-7-15)9-18-11-4-3-10-13(11)17-8-5-14-10;/h10-11,13-14H,1-9H2;1H/t10-,11+,13+;/m0./s1. The van der Waals surface area contributed by atoms with E-state index in [1.807, 2.05) is 4.90 Å². The van der Waals surface area contributed by atoms with Gasteiger partial charge in [-0.15, -0.1) is 12.4 Å². The zero-order valence-corrected chi connectivity index (χ0v) is 12.0. The van der Waals surface area contributed by atoms with Crippen molar-refractivity contribution in [3.05, 3.63) is 0 Å². The van der Waals surface area contributed by atoms with Gasteiger partial charge >= 0.3 is 0 Å². The Kier molecular flexibility index (Phi) is 5.45. The molecule has 1 aliphatic carbocycles. The number of rotatable bonds is 3. The van der Waals surface area contributed by atoms with Crippen molar-refractivity contribution in [2.75, 3.05) is 32.8 Å². The van der Waals surface area contributed by atoms with Gasteiger partial charge in [0.1, 0.15) is 6.61 Å². The maximum Gasteiger partial charge on any atom is 0.248 e. The van der Waals surface area contributed by atoms with Crippen LogP contribution in [0.5, 0.6) is 0 Å². The van der Waals surface area contributed by atoms with E-state index in [0.717, 1.165) is 51.9 Å². The maximum absolute atomic E-state index is 11.9. The molecule has 1 N–H and O–H groups in total. The van der Waals surface area contributed by atoms with Crippen molar-refractivity contribution in [1.82, 2.24) is 10.2 Å². The summed E-state index contributed by atoms with van der Waals surface area (Å²) in [6.45, 7) is 3.70. The van der Waals surface area contributed by atoms with Gasteiger partial charge in [-0.3, -0.25) is 4.79 Å². The first-order valence-corrected chi connectivity index (χ1v) is 7.09. The van der Waals surface area contributed by atoms with Gasteiger partial charge in [0, 0.05) is 25.7 Å². The molecule has 6 heteroatoms. The van der Waals surface area contributed by atoms with Gasteiger partial charge in [-0.2, -0.15) is 0 Å². The molecule has 3 atom stereocenters. The SMILES string of the molecule is Cl.O=C(CO[C@@H]1CC[C@@H]2NCCO[C@H]21)N1CCCC1. The Morgan fingerprint density at radius 1 is 1.32 bits per heavy atom. The Morgan fingerprint density at radius 2 is 2.11 bits per heavy atom. The average molecular weight is 291 g/mol. The van der Waals surface area contributed by atoms with E-state index in [1.165, 1.54) is 0 Å². The highest BCUT2D eigenvalue weighted by Crippen LogP contribution is 2.27. The minimum Gasteiger partial charge on any atom is -0.373 e. The van der Waals surface area contributed by atoms with E-state index in [0.29, 0.717) is 6.04 Å². The fraction of sp³-hybridized carbons (Fsp3) is 0.923.